The quantitative estimate of drug-likeness (QED) is 0.856. The molecule has 0 amide bonds. The van der Waals surface area contributed by atoms with Gasteiger partial charge in [0.2, 0.25) is 5.88 Å². The molecule has 16 heavy (non-hydrogen) atoms. The molecule has 0 saturated carbocycles. The highest BCUT2D eigenvalue weighted by Gasteiger charge is 2.06. The van der Waals surface area contributed by atoms with Crippen molar-refractivity contribution in [3.8, 4) is 11.6 Å². The van der Waals surface area contributed by atoms with Gasteiger partial charge in [-0.25, -0.2) is 4.68 Å². The number of benzene rings is 1. The molecule has 84 valence electrons. The Morgan fingerprint density at radius 1 is 1.25 bits per heavy atom. The van der Waals surface area contributed by atoms with Crippen LogP contribution in [-0.2, 0) is 0 Å². The van der Waals surface area contributed by atoms with Gasteiger partial charge in [-0.2, -0.15) is 0 Å². The highest BCUT2D eigenvalue weighted by molar-refractivity contribution is 5.31. The Morgan fingerprint density at radius 2 is 1.94 bits per heavy atom. The van der Waals surface area contributed by atoms with E-state index in [-0.39, 0.29) is 11.7 Å². The Labute approximate surface area is 93.5 Å². The number of hydrogen-bond donors (Lipinski definition) is 1. The Morgan fingerprint density at radius 3 is 2.56 bits per heavy atom. The lowest BCUT2D eigenvalue weighted by molar-refractivity contribution is 0.231. The average Bonchev–Trinajstić information content (AvgIpc) is 2.60. The Kier molecular flexibility index (Phi) is 2.81. The zero-order chi connectivity index (χ0) is 11.5. The van der Waals surface area contributed by atoms with Crippen LogP contribution in [-0.4, -0.2) is 15.9 Å². The SMILES string of the molecule is CC(C)Oc1cc(=O)n(-c2ccccc2)[nH]1. The Bertz CT molecular complexity index is 511. The van der Waals surface area contributed by atoms with Gasteiger partial charge < -0.3 is 4.74 Å². The smallest absolute Gasteiger partial charge is 0.275 e. The summed E-state index contributed by atoms with van der Waals surface area (Å²) in [7, 11) is 0. The number of para-hydroxylation sites is 1. The largest absolute Gasteiger partial charge is 0.475 e. The number of rotatable bonds is 3. The first-order chi connectivity index (χ1) is 7.66. The maximum absolute atomic E-state index is 11.7. The maximum atomic E-state index is 11.7. The van der Waals surface area contributed by atoms with Gasteiger partial charge in [-0.3, -0.25) is 9.89 Å². The van der Waals surface area contributed by atoms with Crippen molar-refractivity contribution in [2.45, 2.75) is 20.0 Å². The van der Waals surface area contributed by atoms with Crippen LogP contribution in [0.2, 0.25) is 0 Å². The van der Waals surface area contributed by atoms with Crippen LogP contribution in [0.3, 0.4) is 0 Å². The van der Waals surface area contributed by atoms with Gasteiger partial charge in [0.15, 0.2) is 0 Å². The number of ether oxygens (including phenoxy) is 1. The molecule has 2 rings (SSSR count). The summed E-state index contributed by atoms with van der Waals surface area (Å²) in [6.07, 6.45) is 0.0438. The zero-order valence-corrected chi connectivity index (χ0v) is 9.31. The first kappa shape index (κ1) is 10.5. The Hall–Kier alpha value is -1.97. The van der Waals surface area contributed by atoms with Crippen molar-refractivity contribution in [2.24, 2.45) is 0 Å². The predicted octanol–water partition coefficient (Wildman–Crippen LogP) is 1.95. The monoisotopic (exact) mass is 218 g/mol. The minimum absolute atomic E-state index is 0.0438. The third kappa shape index (κ3) is 2.16. The standard InChI is InChI=1S/C12H14N2O2/c1-9(2)16-11-8-12(15)14(13-11)10-6-4-3-5-7-10/h3-9,13H,1-2H3. The number of H-pyrrole nitrogens is 1. The third-order valence-electron chi connectivity index (χ3n) is 2.07. The fourth-order valence-corrected chi connectivity index (χ4v) is 1.46. The van der Waals surface area contributed by atoms with Gasteiger partial charge in [0.05, 0.1) is 17.9 Å². The lowest BCUT2D eigenvalue weighted by Crippen LogP contribution is -2.13. The van der Waals surface area contributed by atoms with Crippen LogP contribution in [0.25, 0.3) is 5.69 Å². The molecule has 0 aliphatic rings. The van der Waals surface area contributed by atoms with Gasteiger partial charge in [0, 0.05) is 0 Å². The number of aromatic amines is 1. The first-order valence-electron chi connectivity index (χ1n) is 5.21. The molecule has 0 aliphatic carbocycles. The van der Waals surface area contributed by atoms with Gasteiger partial charge in [0.1, 0.15) is 0 Å². The topological polar surface area (TPSA) is 47.0 Å². The van der Waals surface area contributed by atoms with E-state index in [9.17, 15) is 4.79 Å². The van der Waals surface area contributed by atoms with Gasteiger partial charge in [0.25, 0.3) is 5.56 Å². The van der Waals surface area contributed by atoms with E-state index in [0.717, 1.165) is 5.69 Å². The minimum Gasteiger partial charge on any atom is -0.475 e. The summed E-state index contributed by atoms with van der Waals surface area (Å²) >= 11 is 0. The molecule has 0 spiro atoms. The van der Waals surface area contributed by atoms with Crippen LogP contribution in [0.15, 0.2) is 41.2 Å². The molecule has 1 aromatic carbocycles. The highest BCUT2D eigenvalue weighted by atomic mass is 16.5. The fraction of sp³-hybridized carbons (Fsp3) is 0.250. The van der Waals surface area contributed by atoms with E-state index in [2.05, 4.69) is 5.10 Å². The molecule has 2 aromatic rings. The molecular weight excluding hydrogens is 204 g/mol. The summed E-state index contributed by atoms with van der Waals surface area (Å²) in [6, 6.07) is 10.8. The lowest BCUT2D eigenvalue weighted by Gasteiger charge is -2.06. The number of hydrogen-bond acceptors (Lipinski definition) is 2. The van der Waals surface area contributed by atoms with Crippen LogP contribution in [0.4, 0.5) is 0 Å². The number of nitrogens with one attached hydrogen (secondary N) is 1. The minimum atomic E-state index is -0.123. The van der Waals surface area contributed by atoms with Crippen LogP contribution < -0.4 is 10.3 Å². The van der Waals surface area contributed by atoms with E-state index in [4.69, 9.17) is 4.74 Å². The van der Waals surface area contributed by atoms with E-state index in [1.807, 2.05) is 44.2 Å². The van der Waals surface area contributed by atoms with E-state index < -0.39 is 0 Å². The predicted molar refractivity (Wildman–Crippen MR) is 62.2 cm³/mol. The van der Waals surface area contributed by atoms with Crippen molar-refractivity contribution >= 4 is 0 Å². The molecule has 1 aromatic heterocycles. The number of aromatic nitrogens is 2. The van der Waals surface area contributed by atoms with Gasteiger partial charge in [-0.1, -0.05) is 18.2 Å². The van der Waals surface area contributed by atoms with Crippen molar-refractivity contribution in [1.82, 2.24) is 9.78 Å². The average molecular weight is 218 g/mol. The molecule has 0 aliphatic heterocycles. The second-order valence-corrected chi connectivity index (χ2v) is 3.80. The molecule has 0 atom stereocenters. The molecule has 1 heterocycles. The highest BCUT2D eigenvalue weighted by Crippen LogP contribution is 2.08. The van der Waals surface area contributed by atoms with E-state index in [1.165, 1.54) is 10.7 Å². The van der Waals surface area contributed by atoms with Gasteiger partial charge in [-0.15, -0.1) is 0 Å². The van der Waals surface area contributed by atoms with Crippen molar-refractivity contribution in [3.05, 3.63) is 46.8 Å². The van der Waals surface area contributed by atoms with Crippen LogP contribution in [0.5, 0.6) is 5.88 Å². The van der Waals surface area contributed by atoms with Crippen LogP contribution in [0, 0.1) is 0 Å². The van der Waals surface area contributed by atoms with Crippen LogP contribution in [0.1, 0.15) is 13.8 Å². The van der Waals surface area contributed by atoms with Crippen molar-refractivity contribution in [2.75, 3.05) is 0 Å². The molecular formula is C12H14N2O2. The third-order valence-corrected chi connectivity index (χ3v) is 2.07. The van der Waals surface area contributed by atoms with Crippen molar-refractivity contribution in [3.63, 3.8) is 0 Å². The van der Waals surface area contributed by atoms with Gasteiger partial charge in [-0.05, 0) is 26.0 Å². The zero-order valence-electron chi connectivity index (χ0n) is 9.31. The Balaban J connectivity index is 2.36. The van der Waals surface area contributed by atoms with E-state index in [0.29, 0.717) is 5.88 Å². The van der Waals surface area contributed by atoms with Gasteiger partial charge >= 0.3 is 0 Å². The fourth-order valence-electron chi connectivity index (χ4n) is 1.46. The molecule has 0 saturated heterocycles. The summed E-state index contributed by atoms with van der Waals surface area (Å²) < 4.78 is 6.88. The molecule has 0 fully saturated rings. The molecule has 4 heteroatoms. The second-order valence-electron chi connectivity index (χ2n) is 3.80. The second kappa shape index (κ2) is 4.26. The molecule has 0 unspecified atom stereocenters. The summed E-state index contributed by atoms with van der Waals surface area (Å²) in [5.41, 5.74) is 0.674. The summed E-state index contributed by atoms with van der Waals surface area (Å²) in [4.78, 5) is 11.7. The van der Waals surface area contributed by atoms with Crippen molar-refractivity contribution in [1.29, 1.82) is 0 Å². The maximum Gasteiger partial charge on any atom is 0.275 e. The molecule has 0 bridgehead atoms. The van der Waals surface area contributed by atoms with Crippen molar-refractivity contribution < 1.29 is 4.74 Å². The normalized spacial score (nSPS) is 10.7. The number of nitrogens with zero attached hydrogens (tertiary/aromatic N) is 1. The summed E-state index contributed by atoms with van der Waals surface area (Å²) in [6.45, 7) is 3.83. The lowest BCUT2D eigenvalue weighted by atomic mass is 10.3. The van der Waals surface area contributed by atoms with E-state index >= 15 is 0 Å². The summed E-state index contributed by atoms with van der Waals surface area (Å²) in [5, 5.41) is 2.91. The first-order valence-corrected chi connectivity index (χ1v) is 5.21. The van der Waals surface area contributed by atoms with Crippen LogP contribution >= 0.6 is 0 Å². The molecule has 4 nitrogen and oxygen atoms in total. The molecule has 0 radical (unpaired) electrons. The summed E-state index contributed by atoms with van der Waals surface area (Å²) in [5.74, 6) is 0.490. The van der Waals surface area contributed by atoms with E-state index in [1.54, 1.807) is 0 Å². The molecule has 1 N–H and O–H groups in total.